The van der Waals surface area contributed by atoms with Crippen molar-refractivity contribution < 1.29 is 18.0 Å². The molecule has 4 heterocycles. The van der Waals surface area contributed by atoms with Crippen LogP contribution >= 0.6 is 0 Å². The third-order valence-corrected chi connectivity index (χ3v) is 5.40. The number of hydrogen-bond acceptors (Lipinski definition) is 6. The predicted octanol–water partition coefficient (Wildman–Crippen LogP) is 3.07. The highest BCUT2D eigenvalue weighted by Gasteiger charge is 2.31. The summed E-state index contributed by atoms with van der Waals surface area (Å²) < 4.78 is 39.0. The number of nitrogens with zero attached hydrogens (tertiary/aromatic N) is 5. The van der Waals surface area contributed by atoms with Crippen molar-refractivity contribution in [3.63, 3.8) is 0 Å². The van der Waals surface area contributed by atoms with Crippen molar-refractivity contribution in [1.82, 2.24) is 24.8 Å². The highest BCUT2D eigenvalue weighted by atomic mass is 19.4. The summed E-state index contributed by atoms with van der Waals surface area (Å²) in [6.07, 6.45) is 1.08. The van der Waals surface area contributed by atoms with Gasteiger partial charge in [0.25, 0.3) is 0 Å². The van der Waals surface area contributed by atoms with E-state index in [1.807, 2.05) is 0 Å². The van der Waals surface area contributed by atoms with Crippen molar-refractivity contribution in [2.75, 3.05) is 39.8 Å². The maximum atomic E-state index is 13.0. The molecule has 0 bridgehead atoms. The number of piperazine rings is 1. The fourth-order valence-corrected chi connectivity index (χ4v) is 3.59. The minimum Gasteiger partial charge on any atom is -0.304 e. The number of rotatable bonds is 5. The van der Waals surface area contributed by atoms with Crippen LogP contribution in [0.4, 0.5) is 13.2 Å². The second kappa shape index (κ2) is 8.68. The zero-order chi connectivity index (χ0) is 22.0. The molecule has 162 valence electrons. The van der Waals surface area contributed by atoms with Gasteiger partial charge < -0.3 is 4.90 Å². The molecule has 0 N–H and O–H groups in total. The van der Waals surface area contributed by atoms with Crippen LogP contribution in [0.25, 0.3) is 22.0 Å². The Kier molecular flexibility index (Phi) is 5.97. The quantitative estimate of drug-likeness (QED) is 0.621. The number of carbonyl (C=O) groups excluding carboxylic acids is 1. The average Bonchev–Trinajstić information content (AvgIpc) is 2.74. The molecule has 1 fully saturated rings. The van der Waals surface area contributed by atoms with E-state index in [1.54, 1.807) is 24.5 Å². The lowest BCUT2D eigenvalue weighted by atomic mass is 10.1. The normalized spacial score (nSPS) is 16.0. The molecule has 0 amide bonds. The second-order valence-corrected chi connectivity index (χ2v) is 7.85. The van der Waals surface area contributed by atoms with E-state index in [9.17, 15) is 18.0 Å². The molecule has 3 aromatic heterocycles. The second-order valence-electron chi connectivity index (χ2n) is 7.85. The van der Waals surface area contributed by atoms with Gasteiger partial charge in [0, 0.05) is 67.6 Å². The maximum Gasteiger partial charge on any atom is 0.417 e. The predicted molar refractivity (Wildman–Crippen MR) is 110 cm³/mol. The standard InChI is InChI=1S/C22H22F3N5O/c1-29-2-4-30(5-3-29)14-20(31)9-19-7-15-8-21(28-12-17(15)11-27-19)16-6-18(13-26-10-16)22(23,24)25/h6-8,10-13H,2-5,9,14H2,1H3. The zero-order valence-corrected chi connectivity index (χ0v) is 17.1. The summed E-state index contributed by atoms with van der Waals surface area (Å²) in [7, 11) is 2.07. The van der Waals surface area contributed by atoms with Crippen molar-refractivity contribution in [2.24, 2.45) is 0 Å². The van der Waals surface area contributed by atoms with E-state index < -0.39 is 11.7 Å². The van der Waals surface area contributed by atoms with Crippen molar-refractivity contribution in [3.05, 3.63) is 54.2 Å². The molecule has 3 aromatic rings. The van der Waals surface area contributed by atoms with Crippen molar-refractivity contribution >= 4 is 16.6 Å². The van der Waals surface area contributed by atoms with Gasteiger partial charge in [0.2, 0.25) is 0 Å². The SMILES string of the molecule is CN1CCN(CC(=O)Cc2cc3cc(-c4cncc(C(F)(F)F)c4)ncc3cn2)CC1. The number of hydrogen-bond donors (Lipinski definition) is 0. The smallest absolute Gasteiger partial charge is 0.304 e. The number of alkyl halides is 3. The molecule has 1 aliphatic heterocycles. The molecular weight excluding hydrogens is 407 g/mol. The Morgan fingerprint density at radius 1 is 0.968 bits per heavy atom. The molecule has 0 aromatic carbocycles. The number of ketones is 1. The molecule has 0 saturated carbocycles. The lowest BCUT2D eigenvalue weighted by Crippen LogP contribution is -2.46. The van der Waals surface area contributed by atoms with Gasteiger partial charge in [-0.05, 0) is 30.6 Å². The fraction of sp³-hybridized carbons (Fsp3) is 0.364. The van der Waals surface area contributed by atoms with Gasteiger partial charge in [0.05, 0.1) is 24.2 Å². The molecular formula is C22H22F3N5O. The van der Waals surface area contributed by atoms with Crippen LogP contribution in [0.5, 0.6) is 0 Å². The molecule has 0 aliphatic carbocycles. The van der Waals surface area contributed by atoms with E-state index in [4.69, 9.17) is 0 Å². The number of likely N-dealkylation sites (N-methyl/N-ethyl adjacent to an activating group) is 1. The van der Waals surface area contributed by atoms with Crippen LogP contribution in [-0.2, 0) is 17.4 Å². The highest BCUT2D eigenvalue weighted by molar-refractivity contribution is 5.87. The first kappa shape index (κ1) is 21.3. The van der Waals surface area contributed by atoms with Gasteiger partial charge >= 0.3 is 6.18 Å². The Morgan fingerprint density at radius 2 is 1.71 bits per heavy atom. The summed E-state index contributed by atoms with van der Waals surface area (Å²) in [4.78, 5) is 29.2. The van der Waals surface area contributed by atoms with E-state index in [0.717, 1.165) is 49.2 Å². The van der Waals surface area contributed by atoms with E-state index in [-0.39, 0.29) is 17.8 Å². The third-order valence-electron chi connectivity index (χ3n) is 5.40. The van der Waals surface area contributed by atoms with E-state index in [1.165, 1.54) is 6.20 Å². The summed E-state index contributed by atoms with van der Waals surface area (Å²) in [5.74, 6) is 0.0905. The number of carbonyl (C=O) groups is 1. The minimum absolute atomic E-state index is 0.0905. The molecule has 0 spiro atoms. The number of Topliss-reactive ketones (excluding diaryl/α,β-unsaturated/α-hetero) is 1. The summed E-state index contributed by atoms with van der Waals surface area (Å²) in [5, 5.41) is 1.51. The van der Waals surface area contributed by atoms with Gasteiger partial charge in [-0.25, -0.2) is 0 Å². The zero-order valence-electron chi connectivity index (χ0n) is 17.1. The summed E-state index contributed by atoms with van der Waals surface area (Å²) in [5.41, 5.74) is 0.469. The Labute approximate surface area is 177 Å². The van der Waals surface area contributed by atoms with Gasteiger partial charge in [-0.2, -0.15) is 13.2 Å². The lowest BCUT2D eigenvalue weighted by Gasteiger charge is -2.31. The number of aromatic nitrogens is 3. The molecule has 4 rings (SSSR count). The Morgan fingerprint density at radius 3 is 2.45 bits per heavy atom. The lowest BCUT2D eigenvalue weighted by molar-refractivity contribution is -0.137. The maximum absolute atomic E-state index is 13.0. The van der Waals surface area contributed by atoms with Crippen molar-refractivity contribution in [3.8, 4) is 11.3 Å². The van der Waals surface area contributed by atoms with Gasteiger partial charge in [-0.15, -0.1) is 0 Å². The highest BCUT2D eigenvalue weighted by Crippen LogP contribution is 2.31. The van der Waals surface area contributed by atoms with Crippen molar-refractivity contribution in [2.45, 2.75) is 12.6 Å². The summed E-state index contributed by atoms with van der Waals surface area (Å²) >= 11 is 0. The monoisotopic (exact) mass is 429 g/mol. The molecule has 0 unspecified atom stereocenters. The molecule has 0 radical (unpaired) electrons. The Bertz CT molecular complexity index is 1090. The van der Waals surface area contributed by atoms with Crippen LogP contribution in [0.3, 0.4) is 0 Å². The van der Waals surface area contributed by atoms with Crippen LogP contribution < -0.4 is 0 Å². The molecule has 6 nitrogen and oxygen atoms in total. The Hall–Kier alpha value is -2.91. The first-order chi connectivity index (χ1) is 14.8. The number of halogens is 3. The van der Waals surface area contributed by atoms with Crippen molar-refractivity contribution in [1.29, 1.82) is 0 Å². The number of pyridine rings is 3. The summed E-state index contributed by atoms with van der Waals surface area (Å²) in [6.45, 7) is 4.02. The van der Waals surface area contributed by atoms with Crippen LogP contribution in [0, 0.1) is 0 Å². The topological polar surface area (TPSA) is 62.2 Å². The van der Waals surface area contributed by atoms with E-state index >= 15 is 0 Å². The molecule has 31 heavy (non-hydrogen) atoms. The van der Waals surface area contributed by atoms with Gasteiger partial charge in [0.15, 0.2) is 5.78 Å². The fourth-order valence-electron chi connectivity index (χ4n) is 3.59. The van der Waals surface area contributed by atoms with Gasteiger partial charge in [-0.1, -0.05) is 0 Å². The minimum atomic E-state index is -4.47. The van der Waals surface area contributed by atoms with E-state index in [0.29, 0.717) is 17.9 Å². The van der Waals surface area contributed by atoms with E-state index in [2.05, 4.69) is 31.8 Å². The summed E-state index contributed by atoms with van der Waals surface area (Å²) in [6, 6.07) is 4.52. The van der Waals surface area contributed by atoms with Crippen LogP contribution in [-0.4, -0.2) is 70.3 Å². The van der Waals surface area contributed by atoms with Gasteiger partial charge in [0.1, 0.15) is 0 Å². The largest absolute Gasteiger partial charge is 0.417 e. The van der Waals surface area contributed by atoms with Crippen LogP contribution in [0.1, 0.15) is 11.3 Å². The first-order valence-corrected chi connectivity index (χ1v) is 9.98. The molecule has 9 heteroatoms. The molecule has 1 aliphatic rings. The third kappa shape index (κ3) is 5.23. The van der Waals surface area contributed by atoms with Gasteiger partial charge in [-0.3, -0.25) is 24.6 Å². The molecule has 0 atom stereocenters. The first-order valence-electron chi connectivity index (χ1n) is 9.98. The van der Waals surface area contributed by atoms with Crippen LogP contribution in [0.15, 0.2) is 43.0 Å². The average molecular weight is 429 g/mol. The number of fused-ring (bicyclic) bond motifs is 1. The molecule has 1 saturated heterocycles. The van der Waals surface area contributed by atoms with Crippen LogP contribution in [0.2, 0.25) is 0 Å². The Balaban J connectivity index is 1.52.